The largest absolute Gasteiger partial charge is 0.237 e. The average Bonchev–Trinajstić information content (AvgIpc) is 3.61. The molecule has 0 atom stereocenters. The summed E-state index contributed by atoms with van der Waals surface area (Å²) >= 11 is 1.64. The quantitative estimate of drug-likeness (QED) is 0.172. The summed E-state index contributed by atoms with van der Waals surface area (Å²) in [5, 5.41) is 2.15. The Labute approximate surface area is 309 Å². The maximum atomic E-state index is 5.03. The lowest BCUT2D eigenvalue weighted by Gasteiger charge is -2.11. The summed E-state index contributed by atoms with van der Waals surface area (Å²) in [6, 6.07) is 56.1. The fourth-order valence-corrected chi connectivity index (χ4v) is 7.92. The van der Waals surface area contributed by atoms with Gasteiger partial charge in [-0.1, -0.05) is 140 Å². The molecule has 0 saturated heterocycles. The van der Waals surface area contributed by atoms with Crippen LogP contribution < -0.4 is 0 Å². The van der Waals surface area contributed by atoms with Gasteiger partial charge in [-0.05, 0) is 46.5 Å². The van der Waals surface area contributed by atoms with Gasteiger partial charge in [-0.3, -0.25) is 0 Å². The summed E-state index contributed by atoms with van der Waals surface area (Å²) in [5.41, 5.74) is 11.0. The molecule has 4 heterocycles. The number of nitrogens with zero attached hydrogens (tertiary/aromatic N) is 6. The molecule has 10 rings (SSSR count). The van der Waals surface area contributed by atoms with Crippen molar-refractivity contribution in [3.8, 4) is 67.7 Å². The molecule has 0 aliphatic rings. The zero-order valence-corrected chi connectivity index (χ0v) is 29.1. The molecule has 0 N–H and O–H groups in total. The first-order valence-electron chi connectivity index (χ1n) is 17.4. The monoisotopic (exact) mass is 696 g/mol. The Morgan fingerprint density at radius 2 is 0.906 bits per heavy atom. The molecule has 0 aliphatic heterocycles. The van der Waals surface area contributed by atoms with E-state index in [1.54, 1.807) is 17.7 Å². The van der Waals surface area contributed by atoms with Crippen LogP contribution in [0.4, 0.5) is 0 Å². The van der Waals surface area contributed by atoms with Crippen molar-refractivity contribution in [1.82, 2.24) is 29.9 Å². The molecule has 0 spiro atoms. The first-order valence-corrected chi connectivity index (χ1v) is 18.2. The highest BCUT2D eigenvalue weighted by atomic mass is 32.1. The number of thiophene rings is 1. The third-order valence-corrected chi connectivity index (χ3v) is 10.5. The Hall–Kier alpha value is -6.96. The van der Waals surface area contributed by atoms with Gasteiger partial charge in [0, 0.05) is 33.0 Å². The van der Waals surface area contributed by atoms with Crippen molar-refractivity contribution in [1.29, 1.82) is 0 Å². The van der Waals surface area contributed by atoms with Crippen molar-refractivity contribution in [2.45, 2.75) is 0 Å². The van der Waals surface area contributed by atoms with Crippen molar-refractivity contribution < 1.29 is 0 Å². The first-order chi connectivity index (χ1) is 26.2. The van der Waals surface area contributed by atoms with Crippen LogP contribution in [-0.2, 0) is 0 Å². The maximum absolute atomic E-state index is 5.03. The van der Waals surface area contributed by atoms with E-state index in [4.69, 9.17) is 29.9 Å². The van der Waals surface area contributed by atoms with Gasteiger partial charge in [0.25, 0.3) is 0 Å². The SMILES string of the molecule is c1ccc(-c2ccc(-c3nc(-c4ccccc4)nc(-c4cccc(-c5cccc(-c6ncnc7c6sc6nc8ccccc8cc67)c5)c4)n3)cc2)cc1. The van der Waals surface area contributed by atoms with Gasteiger partial charge in [-0.2, -0.15) is 0 Å². The number of fused-ring (bicyclic) bond motifs is 4. The Morgan fingerprint density at radius 3 is 1.64 bits per heavy atom. The van der Waals surface area contributed by atoms with Crippen LogP contribution in [0.5, 0.6) is 0 Å². The zero-order valence-electron chi connectivity index (χ0n) is 28.3. The fourth-order valence-electron chi connectivity index (χ4n) is 6.79. The second-order valence-corrected chi connectivity index (χ2v) is 13.8. The van der Waals surface area contributed by atoms with Crippen molar-refractivity contribution in [2.75, 3.05) is 0 Å². The molecule has 4 aromatic heterocycles. The minimum absolute atomic E-state index is 0.613. The van der Waals surface area contributed by atoms with Crippen LogP contribution >= 0.6 is 11.3 Å². The summed E-state index contributed by atoms with van der Waals surface area (Å²) in [5.74, 6) is 1.87. The summed E-state index contributed by atoms with van der Waals surface area (Å²) in [4.78, 5) is 30.4. The highest BCUT2D eigenvalue weighted by molar-refractivity contribution is 7.25. The topological polar surface area (TPSA) is 77.3 Å². The number of hydrogen-bond donors (Lipinski definition) is 0. The number of pyridine rings is 1. The van der Waals surface area contributed by atoms with Crippen LogP contribution in [0, 0.1) is 0 Å². The van der Waals surface area contributed by atoms with E-state index < -0.39 is 0 Å². The summed E-state index contributed by atoms with van der Waals surface area (Å²) in [7, 11) is 0. The van der Waals surface area contributed by atoms with E-state index >= 15 is 0 Å². The minimum atomic E-state index is 0.613. The Balaban J connectivity index is 1.04. The van der Waals surface area contributed by atoms with Crippen LogP contribution in [0.3, 0.4) is 0 Å². The van der Waals surface area contributed by atoms with Gasteiger partial charge in [0.15, 0.2) is 17.5 Å². The Kier molecular flexibility index (Phi) is 7.55. The Morgan fingerprint density at radius 1 is 0.377 bits per heavy atom. The van der Waals surface area contributed by atoms with E-state index in [0.29, 0.717) is 17.5 Å². The van der Waals surface area contributed by atoms with Crippen LogP contribution in [0.1, 0.15) is 0 Å². The normalized spacial score (nSPS) is 11.4. The maximum Gasteiger partial charge on any atom is 0.164 e. The van der Waals surface area contributed by atoms with Crippen LogP contribution in [0.15, 0.2) is 170 Å². The van der Waals surface area contributed by atoms with Crippen LogP contribution in [0.25, 0.3) is 99.0 Å². The van der Waals surface area contributed by atoms with Gasteiger partial charge in [0.1, 0.15) is 11.2 Å². The van der Waals surface area contributed by atoms with Crippen LogP contribution in [0.2, 0.25) is 0 Å². The van der Waals surface area contributed by atoms with Gasteiger partial charge >= 0.3 is 0 Å². The van der Waals surface area contributed by atoms with Crippen molar-refractivity contribution in [2.24, 2.45) is 0 Å². The zero-order chi connectivity index (χ0) is 35.1. The van der Waals surface area contributed by atoms with Gasteiger partial charge in [0.05, 0.1) is 21.4 Å². The lowest BCUT2D eigenvalue weighted by Crippen LogP contribution is -2.00. The van der Waals surface area contributed by atoms with E-state index in [-0.39, 0.29) is 0 Å². The second kappa shape index (κ2) is 13.0. The van der Waals surface area contributed by atoms with E-state index in [0.717, 1.165) is 76.0 Å². The van der Waals surface area contributed by atoms with Crippen molar-refractivity contribution in [3.05, 3.63) is 170 Å². The molecule has 6 aromatic carbocycles. The fraction of sp³-hybridized carbons (Fsp3) is 0. The van der Waals surface area contributed by atoms with Gasteiger partial charge in [0.2, 0.25) is 0 Å². The number of aromatic nitrogens is 6. The summed E-state index contributed by atoms with van der Waals surface area (Å²) < 4.78 is 1.03. The third kappa shape index (κ3) is 5.79. The molecule has 0 bridgehead atoms. The molecular weight excluding hydrogens is 669 g/mol. The highest BCUT2D eigenvalue weighted by Crippen LogP contribution is 2.39. The third-order valence-electron chi connectivity index (χ3n) is 9.45. The van der Waals surface area contributed by atoms with Gasteiger partial charge in [-0.25, -0.2) is 29.9 Å². The van der Waals surface area contributed by atoms with E-state index in [1.165, 1.54) is 5.56 Å². The lowest BCUT2D eigenvalue weighted by atomic mass is 9.99. The molecule has 53 heavy (non-hydrogen) atoms. The standard InChI is InChI=1S/C46H28N6S/c1-3-11-29(12-4-1)30-21-23-32(24-22-30)44-50-43(31-13-5-2-6-14-31)51-45(52-44)37-19-10-17-34(26-37)33-16-9-18-36(25-33)40-42-41(48-28-47-40)38-27-35-15-7-8-20-39(35)49-46(38)53-42/h1-28H. The first kappa shape index (κ1) is 30.8. The molecule has 6 nitrogen and oxygen atoms in total. The van der Waals surface area contributed by atoms with E-state index in [2.05, 4.69) is 109 Å². The van der Waals surface area contributed by atoms with Crippen LogP contribution in [-0.4, -0.2) is 29.9 Å². The summed E-state index contributed by atoms with van der Waals surface area (Å²) in [6.07, 6.45) is 1.66. The molecule has 0 fully saturated rings. The average molecular weight is 697 g/mol. The molecule has 0 aliphatic carbocycles. The predicted octanol–water partition coefficient (Wildman–Crippen LogP) is 11.6. The minimum Gasteiger partial charge on any atom is -0.237 e. The molecular formula is C46H28N6S. The summed E-state index contributed by atoms with van der Waals surface area (Å²) in [6.45, 7) is 0. The smallest absolute Gasteiger partial charge is 0.164 e. The van der Waals surface area contributed by atoms with Crippen molar-refractivity contribution >= 4 is 42.7 Å². The van der Waals surface area contributed by atoms with Gasteiger partial charge in [-0.15, -0.1) is 11.3 Å². The molecule has 0 amide bonds. The molecule has 0 unspecified atom stereocenters. The Bertz CT molecular complexity index is 2940. The molecule has 0 radical (unpaired) electrons. The van der Waals surface area contributed by atoms with E-state index in [9.17, 15) is 0 Å². The predicted molar refractivity (Wildman–Crippen MR) is 216 cm³/mol. The van der Waals surface area contributed by atoms with E-state index in [1.807, 2.05) is 54.6 Å². The molecule has 7 heteroatoms. The van der Waals surface area contributed by atoms with Gasteiger partial charge < -0.3 is 0 Å². The molecule has 10 aromatic rings. The number of hydrogen-bond acceptors (Lipinski definition) is 7. The van der Waals surface area contributed by atoms with Crippen molar-refractivity contribution in [3.63, 3.8) is 0 Å². The number of benzene rings is 6. The highest BCUT2D eigenvalue weighted by Gasteiger charge is 2.17. The lowest BCUT2D eigenvalue weighted by molar-refractivity contribution is 1.07. The number of rotatable bonds is 6. The number of para-hydroxylation sites is 1. The molecule has 0 saturated carbocycles. The molecule has 248 valence electrons. The second-order valence-electron chi connectivity index (χ2n) is 12.8.